The highest BCUT2D eigenvalue weighted by Crippen LogP contribution is 2.35. The topological polar surface area (TPSA) is 122 Å². The van der Waals surface area contributed by atoms with E-state index in [-0.39, 0.29) is 10.6 Å². The van der Waals surface area contributed by atoms with E-state index in [1.54, 1.807) is 30.3 Å². The Morgan fingerprint density at radius 3 is 2.56 bits per heavy atom. The molecule has 2 aromatic rings. The third-order valence-electron chi connectivity index (χ3n) is 5.16. The van der Waals surface area contributed by atoms with Crippen LogP contribution in [-0.4, -0.2) is 59.7 Å². The summed E-state index contributed by atoms with van der Waals surface area (Å²) in [6.45, 7) is 1.73. The Labute approximate surface area is 203 Å². The van der Waals surface area contributed by atoms with E-state index in [0.717, 1.165) is 4.90 Å². The van der Waals surface area contributed by atoms with Gasteiger partial charge in [-0.1, -0.05) is 11.6 Å². The van der Waals surface area contributed by atoms with Crippen LogP contribution in [0.3, 0.4) is 0 Å². The number of anilines is 2. The maximum absolute atomic E-state index is 12.9. The van der Waals surface area contributed by atoms with E-state index in [4.69, 9.17) is 16.3 Å². The van der Waals surface area contributed by atoms with Crippen molar-refractivity contribution in [3.8, 4) is 0 Å². The van der Waals surface area contributed by atoms with Gasteiger partial charge >= 0.3 is 0 Å². The molecule has 2 heterocycles. The molecule has 2 aliphatic heterocycles. The van der Waals surface area contributed by atoms with Gasteiger partial charge in [0.1, 0.15) is 6.54 Å². The molecule has 4 rings (SSSR count). The minimum absolute atomic E-state index is 0.0827. The van der Waals surface area contributed by atoms with Gasteiger partial charge in [0.2, 0.25) is 5.91 Å². The molecule has 12 heteroatoms. The van der Waals surface area contributed by atoms with Gasteiger partial charge < -0.3 is 15.0 Å². The van der Waals surface area contributed by atoms with Gasteiger partial charge in [0.15, 0.2) is 0 Å². The van der Waals surface area contributed by atoms with Crippen molar-refractivity contribution in [2.24, 2.45) is 0 Å². The number of nitro groups is 1. The van der Waals surface area contributed by atoms with Crippen LogP contribution in [0, 0.1) is 10.1 Å². The van der Waals surface area contributed by atoms with Crippen molar-refractivity contribution in [3.63, 3.8) is 0 Å². The fourth-order valence-electron chi connectivity index (χ4n) is 3.52. The van der Waals surface area contributed by atoms with Crippen LogP contribution in [0.25, 0.3) is 6.08 Å². The number of carbonyl (C=O) groups is 3. The van der Waals surface area contributed by atoms with Gasteiger partial charge in [-0.25, -0.2) is 0 Å². The quantitative estimate of drug-likeness (QED) is 0.360. The summed E-state index contributed by atoms with van der Waals surface area (Å²) in [6, 6.07) is 10.8. The van der Waals surface area contributed by atoms with Crippen molar-refractivity contribution >= 4 is 63.6 Å². The molecule has 2 saturated heterocycles. The summed E-state index contributed by atoms with van der Waals surface area (Å²) in [5.74, 6) is -1.18. The number of rotatable bonds is 6. The third-order valence-corrected chi connectivity index (χ3v) is 6.32. The average Bonchev–Trinajstić information content (AvgIpc) is 3.08. The number of carbonyl (C=O) groups excluding carboxylic acids is 3. The highest BCUT2D eigenvalue weighted by molar-refractivity contribution is 8.18. The van der Waals surface area contributed by atoms with Gasteiger partial charge in [-0.05, 0) is 48.2 Å². The van der Waals surface area contributed by atoms with Crippen LogP contribution < -0.4 is 10.2 Å². The Kier molecular flexibility index (Phi) is 7.15. The average molecular weight is 503 g/mol. The zero-order valence-corrected chi connectivity index (χ0v) is 19.3. The van der Waals surface area contributed by atoms with Crippen molar-refractivity contribution in [3.05, 3.63) is 68.1 Å². The van der Waals surface area contributed by atoms with Gasteiger partial charge in [0.25, 0.3) is 16.8 Å². The van der Waals surface area contributed by atoms with Crippen molar-refractivity contribution in [2.75, 3.05) is 43.1 Å². The number of nitrogens with zero attached hydrogens (tertiary/aromatic N) is 3. The lowest BCUT2D eigenvalue weighted by Crippen LogP contribution is -2.36. The molecular weight excluding hydrogens is 484 g/mol. The van der Waals surface area contributed by atoms with Crippen LogP contribution in [0.15, 0.2) is 47.4 Å². The number of hydrogen-bond donors (Lipinski definition) is 1. The van der Waals surface area contributed by atoms with Crippen LogP contribution >= 0.6 is 23.4 Å². The molecule has 10 nitrogen and oxygen atoms in total. The molecular formula is C22H19ClN4O6S. The van der Waals surface area contributed by atoms with E-state index < -0.39 is 28.5 Å². The minimum atomic E-state index is -0.638. The number of halogens is 1. The predicted molar refractivity (Wildman–Crippen MR) is 129 cm³/mol. The number of morpholine rings is 1. The van der Waals surface area contributed by atoms with Gasteiger partial charge in [0.05, 0.1) is 23.0 Å². The molecule has 0 aliphatic carbocycles. The van der Waals surface area contributed by atoms with E-state index in [0.29, 0.717) is 60.0 Å². The number of non-ortho nitro benzene ring substituents is 1. The van der Waals surface area contributed by atoms with Crippen molar-refractivity contribution in [2.45, 2.75) is 0 Å². The lowest BCUT2D eigenvalue weighted by Gasteiger charge is -2.30. The molecule has 0 radical (unpaired) electrons. The molecule has 2 aromatic carbocycles. The maximum Gasteiger partial charge on any atom is 0.294 e. The van der Waals surface area contributed by atoms with Gasteiger partial charge in [-0.15, -0.1) is 0 Å². The third kappa shape index (κ3) is 5.38. The maximum atomic E-state index is 12.9. The first-order chi connectivity index (χ1) is 16.3. The Morgan fingerprint density at radius 2 is 1.88 bits per heavy atom. The summed E-state index contributed by atoms with van der Waals surface area (Å²) in [7, 11) is 0. The fourth-order valence-corrected chi connectivity index (χ4v) is 4.47. The normalized spacial score (nSPS) is 17.4. The van der Waals surface area contributed by atoms with Crippen molar-refractivity contribution in [1.29, 1.82) is 0 Å². The first-order valence-electron chi connectivity index (χ1n) is 10.2. The number of thioether (sulfide) groups is 1. The molecule has 2 aliphatic rings. The second-order valence-corrected chi connectivity index (χ2v) is 8.85. The molecule has 0 bridgehead atoms. The summed E-state index contributed by atoms with van der Waals surface area (Å²) in [5, 5.41) is 13.8. The number of ether oxygens (including phenoxy) is 1. The molecule has 0 aromatic heterocycles. The Bertz CT molecular complexity index is 1180. The molecule has 1 N–H and O–H groups in total. The Hall–Kier alpha value is -3.41. The molecule has 3 amide bonds. The van der Waals surface area contributed by atoms with E-state index in [9.17, 15) is 24.5 Å². The summed E-state index contributed by atoms with van der Waals surface area (Å²) in [4.78, 5) is 51.5. The lowest BCUT2D eigenvalue weighted by molar-refractivity contribution is -0.384. The summed E-state index contributed by atoms with van der Waals surface area (Å²) in [6.07, 6.45) is 1.46. The number of amides is 3. The van der Waals surface area contributed by atoms with Gasteiger partial charge in [-0.3, -0.25) is 29.4 Å². The monoisotopic (exact) mass is 502 g/mol. The van der Waals surface area contributed by atoms with Crippen LogP contribution in [0.5, 0.6) is 0 Å². The fraction of sp³-hybridized carbons (Fsp3) is 0.227. The van der Waals surface area contributed by atoms with Gasteiger partial charge in [-0.2, -0.15) is 0 Å². The molecule has 0 spiro atoms. The summed E-state index contributed by atoms with van der Waals surface area (Å²) >= 11 is 6.51. The lowest BCUT2D eigenvalue weighted by atomic mass is 10.1. The Morgan fingerprint density at radius 1 is 1.18 bits per heavy atom. The number of hydrogen-bond acceptors (Lipinski definition) is 8. The van der Waals surface area contributed by atoms with E-state index in [1.807, 2.05) is 4.90 Å². The molecule has 0 saturated carbocycles. The van der Waals surface area contributed by atoms with Gasteiger partial charge in [0, 0.05) is 47.2 Å². The first kappa shape index (κ1) is 23.7. The molecule has 0 atom stereocenters. The molecule has 0 unspecified atom stereocenters. The van der Waals surface area contributed by atoms with Crippen molar-refractivity contribution < 1.29 is 24.0 Å². The zero-order chi connectivity index (χ0) is 24.2. The van der Waals surface area contributed by atoms with Crippen LogP contribution in [-0.2, 0) is 14.3 Å². The standard InChI is InChI=1S/C22H19ClN4O6S/c23-15-1-3-16(4-2-15)24-20(28)13-26-21(29)19(34-22(26)30)12-14-11-17(27(31)32)5-6-18(14)25-7-9-33-10-8-25/h1-6,11-12H,7-10,13H2,(H,24,28)/b19-12-. The number of benzene rings is 2. The predicted octanol–water partition coefficient (Wildman–Crippen LogP) is 3.76. The molecule has 34 heavy (non-hydrogen) atoms. The van der Waals surface area contributed by atoms with E-state index >= 15 is 0 Å². The second kappa shape index (κ2) is 10.2. The van der Waals surface area contributed by atoms with E-state index in [1.165, 1.54) is 18.2 Å². The minimum Gasteiger partial charge on any atom is -0.378 e. The van der Waals surface area contributed by atoms with Crippen LogP contribution in [0.4, 0.5) is 21.9 Å². The smallest absolute Gasteiger partial charge is 0.294 e. The van der Waals surface area contributed by atoms with Crippen LogP contribution in [0.1, 0.15) is 5.56 Å². The molecule has 2 fully saturated rings. The largest absolute Gasteiger partial charge is 0.378 e. The number of nitrogens with one attached hydrogen (secondary N) is 1. The van der Waals surface area contributed by atoms with Crippen molar-refractivity contribution in [1.82, 2.24) is 4.90 Å². The number of nitro benzene ring substituents is 1. The second-order valence-electron chi connectivity index (χ2n) is 7.42. The highest BCUT2D eigenvalue weighted by Gasteiger charge is 2.36. The molecule has 176 valence electrons. The highest BCUT2D eigenvalue weighted by atomic mass is 35.5. The SMILES string of the molecule is O=C(CN1C(=O)S/C(=C\c2cc([N+](=O)[O-])ccc2N2CCOCC2)C1=O)Nc1ccc(Cl)cc1. The Balaban J connectivity index is 1.55. The van der Waals surface area contributed by atoms with E-state index in [2.05, 4.69) is 5.32 Å². The zero-order valence-electron chi connectivity index (χ0n) is 17.7. The summed E-state index contributed by atoms with van der Waals surface area (Å²) in [5.41, 5.74) is 1.47. The number of imide groups is 1. The summed E-state index contributed by atoms with van der Waals surface area (Å²) < 4.78 is 5.37. The van der Waals surface area contributed by atoms with Crippen LogP contribution in [0.2, 0.25) is 5.02 Å². The first-order valence-corrected chi connectivity index (χ1v) is 11.4.